The van der Waals surface area contributed by atoms with Crippen LogP contribution in [0.15, 0.2) is 24.3 Å². The first kappa shape index (κ1) is 13.9. The van der Waals surface area contributed by atoms with Gasteiger partial charge in [-0.15, -0.1) is 0 Å². The number of hydrogen-bond donors (Lipinski definition) is 2. The van der Waals surface area contributed by atoms with Crippen molar-refractivity contribution in [2.45, 2.75) is 31.7 Å². The third-order valence-electron chi connectivity index (χ3n) is 2.92. The van der Waals surface area contributed by atoms with Crippen molar-refractivity contribution in [1.82, 2.24) is 10.6 Å². The fraction of sp³-hybridized carbons (Fsp3) is 0.429. The molecule has 0 unspecified atom stereocenters. The molecule has 0 bridgehead atoms. The molecule has 0 saturated heterocycles. The molecule has 1 aliphatic rings. The van der Waals surface area contributed by atoms with Crippen LogP contribution in [0.1, 0.15) is 36.0 Å². The monoisotopic (exact) mass is 280 g/mol. The van der Waals surface area contributed by atoms with E-state index in [1.807, 2.05) is 0 Å². The summed E-state index contributed by atoms with van der Waals surface area (Å²) in [6, 6.07) is 7.12. The van der Waals surface area contributed by atoms with E-state index >= 15 is 0 Å². The summed E-state index contributed by atoms with van der Waals surface area (Å²) in [5.41, 5.74) is 0.576. The summed E-state index contributed by atoms with van der Waals surface area (Å²) in [5, 5.41) is 6.30. The number of amides is 2. The lowest BCUT2D eigenvalue weighted by atomic mass is 10.2. The van der Waals surface area contributed by atoms with Crippen LogP contribution in [-0.4, -0.2) is 24.4 Å². The van der Waals surface area contributed by atoms with Crippen LogP contribution in [0, 0.1) is 0 Å². The molecular formula is C14H17ClN2O2. The largest absolute Gasteiger partial charge is 0.353 e. The van der Waals surface area contributed by atoms with Crippen molar-refractivity contribution >= 4 is 23.4 Å². The van der Waals surface area contributed by atoms with E-state index in [1.165, 1.54) is 0 Å². The van der Waals surface area contributed by atoms with Crippen molar-refractivity contribution in [2.24, 2.45) is 0 Å². The number of nitrogens with one attached hydrogen (secondary N) is 2. The summed E-state index contributed by atoms with van der Waals surface area (Å²) in [4.78, 5) is 23.1. The summed E-state index contributed by atoms with van der Waals surface area (Å²) in [6.45, 7) is 0.500. The summed E-state index contributed by atoms with van der Waals surface area (Å²) in [6.07, 6.45) is 3.30. The maximum atomic E-state index is 11.7. The van der Waals surface area contributed by atoms with Gasteiger partial charge in [0, 0.05) is 29.6 Å². The summed E-state index contributed by atoms with van der Waals surface area (Å²) in [5.74, 6) is -0.0671. The highest BCUT2D eigenvalue weighted by atomic mass is 35.5. The Kier molecular flexibility index (Phi) is 4.80. The molecule has 2 amide bonds. The Morgan fingerprint density at radius 3 is 2.53 bits per heavy atom. The second kappa shape index (κ2) is 6.57. The molecule has 102 valence electrons. The van der Waals surface area contributed by atoms with Crippen LogP contribution in [0.4, 0.5) is 0 Å². The van der Waals surface area contributed by atoms with Crippen molar-refractivity contribution in [1.29, 1.82) is 0 Å². The molecule has 0 atom stereocenters. The minimum atomic E-state index is -0.140. The van der Waals surface area contributed by atoms with Crippen molar-refractivity contribution in [3.8, 4) is 0 Å². The zero-order chi connectivity index (χ0) is 13.7. The maximum absolute atomic E-state index is 11.7. The quantitative estimate of drug-likeness (QED) is 0.784. The lowest BCUT2D eigenvalue weighted by Gasteiger charge is -2.06. The topological polar surface area (TPSA) is 58.2 Å². The molecule has 0 aliphatic heterocycles. The van der Waals surface area contributed by atoms with E-state index in [-0.39, 0.29) is 11.8 Å². The lowest BCUT2D eigenvalue weighted by molar-refractivity contribution is -0.121. The second-order valence-electron chi connectivity index (χ2n) is 4.71. The molecule has 0 aromatic heterocycles. The van der Waals surface area contributed by atoms with Gasteiger partial charge in [0.1, 0.15) is 0 Å². The number of carbonyl (C=O) groups excluding carboxylic acids is 2. The first-order valence-electron chi connectivity index (χ1n) is 6.48. The first-order valence-corrected chi connectivity index (χ1v) is 6.86. The Morgan fingerprint density at radius 2 is 1.89 bits per heavy atom. The first-order chi connectivity index (χ1) is 9.15. The van der Waals surface area contributed by atoms with Crippen molar-refractivity contribution in [2.75, 3.05) is 6.54 Å². The van der Waals surface area contributed by atoms with Gasteiger partial charge < -0.3 is 10.6 Å². The molecule has 1 fully saturated rings. The molecule has 4 nitrogen and oxygen atoms in total. The normalized spacial score (nSPS) is 13.9. The fourth-order valence-electron chi connectivity index (χ4n) is 1.68. The van der Waals surface area contributed by atoms with Crippen molar-refractivity contribution in [3.63, 3.8) is 0 Å². The van der Waals surface area contributed by atoms with E-state index in [9.17, 15) is 9.59 Å². The van der Waals surface area contributed by atoms with Gasteiger partial charge >= 0.3 is 0 Å². The predicted octanol–water partition coefficient (Wildman–Crippen LogP) is 2.13. The zero-order valence-electron chi connectivity index (χ0n) is 10.6. The number of carbonyl (C=O) groups is 2. The van der Waals surface area contributed by atoms with Gasteiger partial charge in [-0.05, 0) is 43.5 Å². The minimum Gasteiger partial charge on any atom is -0.353 e. The minimum absolute atomic E-state index is 0.0724. The van der Waals surface area contributed by atoms with Gasteiger partial charge in [0.15, 0.2) is 0 Å². The molecule has 0 heterocycles. The second-order valence-corrected chi connectivity index (χ2v) is 5.14. The van der Waals surface area contributed by atoms with E-state index < -0.39 is 0 Å². The number of hydrogen-bond acceptors (Lipinski definition) is 2. The van der Waals surface area contributed by atoms with Crippen LogP contribution in [0.5, 0.6) is 0 Å². The molecule has 19 heavy (non-hydrogen) atoms. The van der Waals surface area contributed by atoms with Crippen LogP contribution in [0.25, 0.3) is 0 Å². The van der Waals surface area contributed by atoms with Crippen molar-refractivity contribution < 1.29 is 9.59 Å². The highest BCUT2D eigenvalue weighted by molar-refractivity contribution is 6.30. The molecule has 0 spiro atoms. The average Bonchev–Trinajstić information content (AvgIpc) is 3.19. The Bertz CT molecular complexity index is 455. The molecule has 1 aromatic rings. The lowest BCUT2D eigenvalue weighted by Crippen LogP contribution is -2.28. The highest BCUT2D eigenvalue weighted by Gasteiger charge is 2.22. The Hall–Kier alpha value is -1.55. The van der Waals surface area contributed by atoms with E-state index in [0.29, 0.717) is 36.0 Å². The number of benzene rings is 1. The summed E-state index contributed by atoms with van der Waals surface area (Å²) >= 11 is 5.75. The summed E-state index contributed by atoms with van der Waals surface area (Å²) < 4.78 is 0. The van der Waals surface area contributed by atoms with Gasteiger partial charge in [0.05, 0.1) is 0 Å². The molecule has 1 aromatic carbocycles. The van der Waals surface area contributed by atoms with Crippen LogP contribution in [0.3, 0.4) is 0 Å². The third kappa shape index (κ3) is 4.91. The van der Waals surface area contributed by atoms with E-state index in [1.54, 1.807) is 24.3 Å². The van der Waals surface area contributed by atoms with Gasteiger partial charge in [0.25, 0.3) is 5.91 Å². The Morgan fingerprint density at radius 1 is 1.21 bits per heavy atom. The molecular weight excluding hydrogens is 264 g/mol. The van der Waals surface area contributed by atoms with Gasteiger partial charge in [-0.2, -0.15) is 0 Å². The SMILES string of the molecule is O=C(CCCNC(=O)c1ccc(Cl)cc1)NC1CC1. The smallest absolute Gasteiger partial charge is 0.251 e. The molecule has 1 aliphatic carbocycles. The number of halogens is 1. The van der Waals surface area contributed by atoms with Gasteiger partial charge in [-0.1, -0.05) is 11.6 Å². The standard InChI is InChI=1S/C14H17ClN2O2/c15-11-5-3-10(4-6-11)14(19)16-9-1-2-13(18)17-12-7-8-12/h3-6,12H,1-2,7-9H2,(H,16,19)(H,17,18). The van der Waals surface area contributed by atoms with Crippen LogP contribution < -0.4 is 10.6 Å². The maximum Gasteiger partial charge on any atom is 0.251 e. The fourth-order valence-corrected chi connectivity index (χ4v) is 1.81. The van der Waals surface area contributed by atoms with Crippen LogP contribution >= 0.6 is 11.6 Å². The molecule has 0 radical (unpaired) electrons. The Balaban J connectivity index is 1.63. The Labute approximate surface area is 117 Å². The highest BCUT2D eigenvalue weighted by Crippen LogP contribution is 2.18. The van der Waals surface area contributed by atoms with Gasteiger partial charge in [-0.25, -0.2) is 0 Å². The van der Waals surface area contributed by atoms with E-state index in [2.05, 4.69) is 10.6 Å². The average molecular weight is 281 g/mol. The molecule has 1 saturated carbocycles. The molecule has 5 heteroatoms. The van der Waals surface area contributed by atoms with E-state index in [0.717, 1.165) is 12.8 Å². The third-order valence-corrected chi connectivity index (χ3v) is 3.17. The predicted molar refractivity (Wildman–Crippen MR) is 74.2 cm³/mol. The summed E-state index contributed by atoms with van der Waals surface area (Å²) in [7, 11) is 0. The van der Waals surface area contributed by atoms with Gasteiger partial charge in [0.2, 0.25) is 5.91 Å². The van der Waals surface area contributed by atoms with E-state index in [4.69, 9.17) is 11.6 Å². The molecule has 2 N–H and O–H groups in total. The molecule has 2 rings (SSSR count). The van der Waals surface area contributed by atoms with Crippen LogP contribution in [0.2, 0.25) is 5.02 Å². The zero-order valence-corrected chi connectivity index (χ0v) is 11.4. The van der Waals surface area contributed by atoms with Crippen molar-refractivity contribution in [3.05, 3.63) is 34.9 Å². The van der Waals surface area contributed by atoms with Gasteiger partial charge in [-0.3, -0.25) is 9.59 Å². The van der Waals surface area contributed by atoms with Crippen LogP contribution in [-0.2, 0) is 4.79 Å². The number of rotatable bonds is 6.